The van der Waals surface area contributed by atoms with Gasteiger partial charge in [-0.05, 0) is 43.0 Å². The number of hydrogen-bond acceptors (Lipinski definition) is 4. The average molecular weight is 451 g/mol. The van der Waals surface area contributed by atoms with Gasteiger partial charge in [-0.1, -0.05) is 50.6 Å². The van der Waals surface area contributed by atoms with Gasteiger partial charge in [0.15, 0.2) is 11.6 Å². The van der Waals surface area contributed by atoms with Gasteiger partial charge in [-0.3, -0.25) is 4.72 Å². The van der Waals surface area contributed by atoms with Gasteiger partial charge in [0, 0.05) is 6.54 Å². The van der Waals surface area contributed by atoms with Gasteiger partial charge in [0.2, 0.25) is 0 Å². The summed E-state index contributed by atoms with van der Waals surface area (Å²) in [6.07, 6.45) is 0. The van der Waals surface area contributed by atoms with E-state index in [9.17, 15) is 8.42 Å². The second-order valence-corrected chi connectivity index (χ2v) is 10.0. The summed E-state index contributed by atoms with van der Waals surface area (Å²) in [6.45, 7) is 9.73. The molecule has 0 unspecified atom stereocenters. The molecular formula is C21H24ClFN4O2S. The maximum absolute atomic E-state index is 15.6. The summed E-state index contributed by atoms with van der Waals surface area (Å²) < 4.78 is 45.8. The molecule has 0 saturated carbocycles. The first-order valence-electron chi connectivity index (χ1n) is 9.48. The van der Waals surface area contributed by atoms with E-state index < -0.39 is 21.3 Å². The molecule has 0 aliphatic rings. The summed E-state index contributed by atoms with van der Waals surface area (Å²) in [5.74, 6) is 0.0531. The Morgan fingerprint density at radius 1 is 1.17 bits per heavy atom. The predicted octanol–water partition coefficient (Wildman–Crippen LogP) is 5.16. The molecule has 0 aliphatic carbocycles. The molecular weight excluding hydrogens is 427 g/mol. The second kappa shape index (κ2) is 8.00. The van der Waals surface area contributed by atoms with Crippen LogP contribution in [0.2, 0.25) is 5.02 Å². The molecule has 0 saturated heterocycles. The van der Waals surface area contributed by atoms with Crippen molar-refractivity contribution in [2.75, 3.05) is 4.72 Å². The first-order chi connectivity index (χ1) is 14.0. The fourth-order valence-corrected chi connectivity index (χ4v) is 4.74. The average Bonchev–Trinajstić information content (AvgIpc) is 3.04. The van der Waals surface area contributed by atoms with E-state index in [2.05, 4.69) is 14.9 Å². The largest absolute Gasteiger partial charge is 0.311 e. The Balaban J connectivity index is 2.30. The van der Waals surface area contributed by atoms with Crippen LogP contribution in [0.25, 0.3) is 11.4 Å². The van der Waals surface area contributed by atoms with Crippen LogP contribution >= 0.6 is 11.6 Å². The number of benzene rings is 2. The Hall–Kier alpha value is -2.45. The maximum atomic E-state index is 15.6. The standard InChI is InChI=1S/C21H24ClFN4O2S/c1-6-27-13(2)24-25-20(27)17-16(12-15(21(3,4)5)18(22)19(17)23)26-30(28,29)14-10-8-7-9-11-14/h7-12,26H,6H2,1-5H3. The Morgan fingerprint density at radius 3 is 2.37 bits per heavy atom. The van der Waals surface area contributed by atoms with E-state index in [0.29, 0.717) is 17.9 Å². The lowest BCUT2D eigenvalue weighted by Crippen LogP contribution is -2.18. The normalized spacial score (nSPS) is 12.2. The minimum Gasteiger partial charge on any atom is -0.311 e. The van der Waals surface area contributed by atoms with Gasteiger partial charge >= 0.3 is 0 Å². The molecule has 0 bridgehead atoms. The number of halogens is 2. The smallest absolute Gasteiger partial charge is 0.261 e. The highest BCUT2D eigenvalue weighted by atomic mass is 35.5. The van der Waals surface area contributed by atoms with Gasteiger partial charge in [-0.25, -0.2) is 12.8 Å². The van der Waals surface area contributed by atoms with Crippen molar-refractivity contribution < 1.29 is 12.8 Å². The van der Waals surface area contributed by atoms with Crippen LogP contribution in [0.4, 0.5) is 10.1 Å². The number of hydrogen-bond donors (Lipinski definition) is 1. The molecule has 1 heterocycles. The number of aryl methyl sites for hydroxylation is 1. The molecule has 0 amide bonds. The number of aromatic nitrogens is 3. The van der Waals surface area contributed by atoms with Gasteiger partial charge in [0.25, 0.3) is 10.0 Å². The molecule has 160 valence electrons. The number of nitrogens with one attached hydrogen (secondary N) is 1. The quantitative estimate of drug-likeness (QED) is 0.582. The van der Waals surface area contributed by atoms with Crippen LogP contribution in [0.5, 0.6) is 0 Å². The van der Waals surface area contributed by atoms with E-state index in [0.717, 1.165) is 0 Å². The number of sulfonamides is 1. The predicted molar refractivity (Wildman–Crippen MR) is 117 cm³/mol. The number of rotatable bonds is 5. The molecule has 0 fully saturated rings. The molecule has 2 aromatic carbocycles. The zero-order valence-electron chi connectivity index (χ0n) is 17.5. The zero-order valence-corrected chi connectivity index (χ0v) is 19.1. The highest BCUT2D eigenvalue weighted by Gasteiger charge is 2.29. The lowest BCUT2D eigenvalue weighted by atomic mass is 9.85. The molecule has 0 radical (unpaired) electrons. The van der Waals surface area contributed by atoms with Crippen LogP contribution in [0, 0.1) is 12.7 Å². The molecule has 9 heteroatoms. The van der Waals surface area contributed by atoms with Crippen molar-refractivity contribution in [1.29, 1.82) is 0 Å². The van der Waals surface area contributed by atoms with Gasteiger partial charge in [0.1, 0.15) is 5.82 Å². The minimum atomic E-state index is -3.97. The van der Waals surface area contributed by atoms with Gasteiger partial charge in [-0.15, -0.1) is 10.2 Å². The monoisotopic (exact) mass is 450 g/mol. The van der Waals surface area contributed by atoms with Crippen molar-refractivity contribution in [2.24, 2.45) is 0 Å². The van der Waals surface area contributed by atoms with E-state index in [4.69, 9.17) is 11.6 Å². The van der Waals surface area contributed by atoms with Crippen molar-refractivity contribution in [3.63, 3.8) is 0 Å². The van der Waals surface area contributed by atoms with Crippen LogP contribution in [-0.2, 0) is 22.0 Å². The fourth-order valence-electron chi connectivity index (χ4n) is 3.22. The summed E-state index contributed by atoms with van der Waals surface area (Å²) in [6, 6.07) is 9.47. The molecule has 0 spiro atoms. The summed E-state index contributed by atoms with van der Waals surface area (Å²) in [5, 5.41) is 8.05. The third kappa shape index (κ3) is 4.06. The maximum Gasteiger partial charge on any atom is 0.261 e. The molecule has 1 aromatic heterocycles. The van der Waals surface area contributed by atoms with Crippen molar-refractivity contribution in [3.05, 3.63) is 58.6 Å². The van der Waals surface area contributed by atoms with E-state index in [1.807, 2.05) is 27.7 Å². The highest BCUT2D eigenvalue weighted by molar-refractivity contribution is 7.92. The van der Waals surface area contributed by atoms with Crippen molar-refractivity contribution in [3.8, 4) is 11.4 Å². The molecule has 30 heavy (non-hydrogen) atoms. The summed E-state index contributed by atoms with van der Waals surface area (Å²) in [7, 11) is -3.97. The Bertz CT molecular complexity index is 1190. The molecule has 0 atom stereocenters. The van der Waals surface area contributed by atoms with Crippen molar-refractivity contribution >= 4 is 27.3 Å². The van der Waals surface area contributed by atoms with Crippen LogP contribution in [0.15, 0.2) is 41.3 Å². The summed E-state index contributed by atoms with van der Waals surface area (Å²) in [4.78, 5) is 0.0664. The Labute approximate surface area is 181 Å². The third-order valence-electron chi connectivity index (χ3n) is 4.79. The van der Waals surface area contributed by atoms with Crippen molar-refractivity contribution in [1.82, 2.24) is 14.8 Å². The number of anilines is 1. The van der Waals surface area contributed by atoms with Crippen LogP contribution in [0.1, 0.15) is 39.1 Å². The SMILES string of the molecule is CCn1c(C)nnc1-c1c(NS(=O)(=O)c2ccccc2)cc(C(C)(C)C)c(Cl)c1F. The van der Waals surface area contributed by atoms with E-state index >= 15 is 4.39 Å². The van der Waals surface area contributed by atoms with Gasteiger partial charge < -0.3 is 4.57 Å². The summed E-state index contributed by atoms with van der Waals surface area (Å²) in [5.41, 5.74) is -0.00391. The van der Waals surface area contributed by atoms with E-state index in [1.54, 1.807) is 35.8 Å². The van der Waals surface area contributed by atoms with Gasteiger partial charge in [0.05, 0.1) is 21.2 Å². The molecule has 0 aliphatic heterocycles. The first-order valence-corrected chi connectivity index (χ1v) is 11.3. The molecule has 3 aromatic rings. The molecule has 6 nitrogen and oxygen atoms in total. The van der Waals surface area contributed by atoms with Crippen molar-refractivity contribution in [2.45, 2.75) is 51.5 Å². The Kier molecular flexibility index (Phi) is 5.93. The molecule has 1 N–H and O–H groups in total. The van der Waals surface area contributed by atoms with Crippen LogP contribution in [-0.4, -0.2) is 23.2 Å². The lowest BCUT2D eigenvalue weighted by molar-refractivity contribution is 0.573. The lowest BCUT2D eigenvalue weighted by Gasteiger charge is -2.24. The zero-order chi connectivity index (χ0) is 22.3. The third-order valence-corrected chi connectivity index (χ3v) is 6.54. The first kappa shape index (κ1) is 22.2. The van der Waals surface area contributed by atoms with E-state index in [1.165, 1.54) is 12.1 Å². The highest BCUT2D eigenvalue weighted by Crippen LogP contribution is 2.41. The summed E-state index contributed by atoms with van der Waals surface area (Å²) >= 11 is 6.39. The topological polar surface area (TPSA) is 76.9 Å². The Morgan fingerprint density at radius 2 is 1.80 bits per heavy atom. The van der Waals surface area contributed by atoms with E-state index in [-0.39, 0.29) is 27.0 Å². The fraction of sp³-hybridized carbons (Fsp3) is 0.333. The molecule has 3 rings (SSSR count). The minimum absolute atomic E-state index is 0.0324. The van der Waals surface area contributed by atoms with Crippen LogP contribution in [0.3, 0.4) is 0 Å². The number of nitrogens with zero attached hydrogens (tertiary/aromatic N) is 3. The van der Waals surface area contributed by atoms with Crippen LogP contribution < -0.4 is 4.72 Å². The van der Waals surface area contributed by atoms with Gasteiger partial charge in [-0.2, -0.15) is 0 Å². The second-order valence-electron chi connectivity index (χ2n) is 7.96.